The summed E-state index contributed by atoms with van der Waals surface area (Å²) in [7, 11) is 0. The highest BCUT2D eigenvalue weighted by Crippen LogP contribution is 2.19. The van der Waals surface area contributed by atoms with Crippen LogP contribution in [0.15, 0.2) is 35.9 Å². The molecule has 0 spiro atoms. The quantitative estimate of drug-likeness (QED) is 0.357. The number of esters is 1. The van der Waals surface area contributed by atoms with Crippen molar-refractivity contribution in [2.45, 2.75) is 13.3 Å². The van der Waals surface area contributed by atoms with E-state index < -0.39 is 29.0 Å². The van der Waals surface area contributed by atoms with Gasteiger partial charge in [0, 0.05) is 18.6 Å². The molecule has 0 aliphatic rings. The van der Waals surface area contributed by atoms with E-state index in [4.69, 9.17) is 0 Å². The molecule has 5 nitrogen and oxygen atoms in total. The summed E-state index contributed by atoms with van der Waals surface area (Å²) in [6.07, 6.45) is -2.56. The Morgan fingerprint density at radius 2 is 2.11 bits per heavy atom. The summed E-state index contributed by atoms with van der Waals surface area (Å²) in [4.78, 5) is 21.2. The monoisotopic (exact) mass is 271 g/mol. The Balaban J connectivity index is 2.98. The fourth-order valence-corrected chi connectivity index (χ4v) is 1.42. The van der Waals surface area contributed by atoms with Crippen molar-refractivity contribution in [1.82, 2.24) is 0 Å². The molecule has 0 aliphatic heterocycles. The molecule has 0 radical (unpaired) electrons. The minimum absolute atomic E-state index is 0.0233. The van der Waals surface area contributed by atoms with Gasteiger partial charge in [-0.1, -0.05) is 12.1 Å². The van der Waals surface area contributed by atoms with E-state index in [1.807, 2.05) is 0 Å². The maximum Gasteiger partial charge on any atom is 0.339 e. The van der Waals surface area contributed by atoms with E-state index >= 15 is 0 Å². The third kappa shape index (κ3) is 4.13. The van der Waals surface area contributed by atoms with Gasteiger partial charge in [0.05, 0.1) is 11.5 Å². The van der Waals surface area contributed by atoms with Crippen molar-refractivity contribution in [2.24, 2.45) is 0 Å². The number of nitrogens with zero attached hydrogens (tertiary/aromatic N) is 1. The first-order valence-corrected chi connectivity index (χ1v) is 5.40. The van der Waals surface area contributed by atoms with Gasteiger partial charge in [0.15, 0.2) is 0 Å². The number of hydrogen-bond donors (Lipinski definition) is 0. The average molecular weight is 271 g/mol. The van der Waals surface area contributed by atoms with Crippen LogP contribution in [0.2, 0.25) is 0 Å². The van der Waals surface area contributed by atoms with E-state index in [1.165, 1.54) is 25.1 Å². The van der Waals surface area contributed by atoms with Crippen molar-refractivity contribution in [2.75, 3.05) is 6.61 Å². The molecule has 0 amide bonds. The second kappa shape index (κ2) is 6.58. The van der Waals surface area contributed by atoms with Crippen molar-refractivity contribution in [3.05, 3.63) is 51.6 Å². The van der Waals surface area contributed by atoms with Crippen molar-refractivity contribution >= 4 is 11.7 Å². The molecule has 0 atom stereocenters. The molecule has 1 aromatic carbocycles. The maximum absolute atomic E-state index is 12.7. The van der Waals surface area contributed by atoms with Crippen molar-refractivity contribution in [1.29, 1.82) is 0 Å². The zero-order valence-electron chi connectivity index (χ0n) is 10.1. The lowest BCUT2D eigenvalue weighted by molar-refractivity contribution is -0.384. The molecule has 0 heterocycles. The van der Waals surface area contributed by atoms with Gasteiger partial charge in [0.2, 0.25) is 0 Å². The summed E-state index contributed by atoms with van der Waals surface area (Å²) in [6, 6.07) is 5.17. The first kappa shape index (κ1) is 14.7. The van der Waals surface area contributed by atoms with Gasteiger partial charge in [-0.05, 0) is 12.5 Å². The molecular weight excluding hydrogens is 260 g/mol. The van der Waals surface area contributed by atoms with E-state index in [-0.39, 0.29) is 17.9 Å². The van der Waals surface area contributed by atoms with Crippen LogP contribution in [-0.4, -0.2) is 17.5 Å². The summed E-state index contributed by atoms with van der Waals surface area (Å²) >= 11 is 0. The molecule has 19 heavy (non-hydrogen) atoms. The van der Waals surface area contributed by atoms with Crippen LogP contribution in [0.5, 0.6) is 0 Å². The molecule has 0 unspecified atom stereocenters. The molecule has 0 aliphatic carbocycles. The van der Waals surface area contributed by atoms with Crippen LogP contribution >= 0.6 is 0 Å². The lowest BCUT2D eigenvalue weighted by atomic mass is 10.1. The Morgan fingerprint density at radius 1 is 1.42 bits per heavy atom. The number of non-ortho nitro benzene ring substituents is 1. The highest BCUT2D eigenvalue weighted by molar-refractivity contribution is 5.89. The van der Waals surface area contributed by atoms with E-state index in [0.717, 1.165) is 6.07 Å². The summed E-state index contributed by atoms with van der Waals surface area (Å²) in [5.41, 5.74) is -0.771. The normalized spacial score (nSPS) is 9.84. The molecular formula is C12H11F2NO4. The largest absolute Gasteiger partial charge is 0.462 e. The minimum Gasteiger partial charge on any atom is -0.462 e. The number of rotatable bonds is 5. The van der Waals surface area contributed by atoms with Crippen LogP contribution in [0.3, 0.4) is 0 Å². The van der Waals surface area contributed by atoms with Crippen molar-refractivity contribution in [3.63, 3.8) is 0 Å². The zero-order chi connectivity index (χ0) is 14.4. The number of ether oxygens (including phenoxy) is 1. The highest BCUT2D eigenvalue weighted by atomic mass is 19.3. The molecule has 0 saturated heterocycles. The second-order valence-corrected chi connectivity index (χ2v) is 3.56. The second-order valence-electron chi connectivity index (χ2n) is 3.56. The van der Waals surface area contributed by atoms with Gasteiger partial charge in [0.1, 0.15) is 5.57 Å². The molecule has 0 N–H and O–H groups in total. The minimum atomic E-state index is -2.15. The molecule has 0 aromatic heterocycles. The van der Waals surface area contributed by atoms with Gasteiger partial charge in [0.25, 0.3) is 11.8 Å². The van der Waals surface area contributed by atoms with Crippen molar-refractivity contribution < 1.29 is 23.2 Å². The maximum atomic E-state index is 12.7. The Morgan fingerprint density at radius 3 is 2.63 bits per heavy atom. The predicted octanol–water partition coefficient (Wildman–Crippen LogP) is 2.85. The highest BCUT2D eigenvalue weighted by Gasteiger charge is 2.19. The zero-order valence-corrected chi connectivity index (χ0v) is 10.1. The van der Waals surface area contributed by atoms with Gasteiger partial charge in [-0.3, -0.25) is 10.1 Å². The van der Waals surface area contributed by atoms with Gasteiger partial charge in [-0.25, -0.2) is 4.79 Å². The van der Waals surface area contributed by atoms with Crippen LogP contribution in [0.25, 0.3) is 0 Å². The van der Waals surface area contributed by atoms with E-state index in [2.05, 4.69) is 4.74 Å². The lowest BCUT2D eigenvalue weighted by Gasteiger charge is -2.06. The average Bonchev–Trinajstić information content (AvgIpc) is 2.36. The summed E-state index contributed by atoms with van der Waals surface area (Å²) in [6.45, 7) is 1.48. The molecule has 102 valence electrons. The van der Waals surface area contributed by atoms with Gasteiger partial charge >= 0.3 is 5.97 Å². The van der Waals surface area contributed by atoms with E-state index in [0.29, 0.717) is 0 Å². The van der Waals surface area contributed by atoms with Crippen LogP contribution < -0.4 is 0 Å². The molecule has 1 rings (SSSR count). The third-order valence-electron chi connectivity index (χ3n) is 2.25. The fraction of sp³-hybridized carbons (Fsp3) is 0.250. The Labute approximate surface area is 107 Å². The Hall–Kier alpha value is -2.31. The third-order valence-corrected chi connectivity index (χ3v) is 2.25. The van der Waals surface area contributed by atoms with Crippen LogP contribution in [0, 0.1) is 10.1 Å². The number of hydrogen-bond acceptors (Lipinski definition) is 4. The van der Waals surface area contributed by atoms with Crippen LogP contribution in [0.4, 0.5) is 14.5 Å². The van der Waals surface area contributed by atoms with E-state index in [9.17, 15) is 23.7 Å². The lowest BCUT2D eigenvalue weighted by Crippen LogP contribution is -2.11. The topological polar surface area (TPSA) is 69.4 Å². The Bertz CT molecular complexity index is 524. The number of nitro benzene ring substituents is 1. The summed E-state index contributed by atoms with van der Waals surface area (Å²) < 4.78 is 29.8. The van der Waals surface area contributed by atoms with Gasteiger partial charge < -0.3 is 4.74 Å². The van der Waals surface area contributed by atoms with Crippen molar-refractivity contribution in [3.8, 4) is 0 Å². The molecule has 1 aromatic rings. The van der Waals surface area contributed by atoms with Gasteiger partial charge in [-0.15, -0.1) is 0 Å². The van der Waals surface area contributed by atoms with Gasteiger partial charge in [-0.2, -0.15) is 8.78 Å². The Kier molecular flexibility index (Phi) is 5.11. The molecule has 0 fully saturated rings. The summed E-state index contributed by atoms with van der Waals surface area (Å²) in [5, 5.41) is 10.6. The van der Waals surface area contributed by atoms with Crippen LogP contribution in [0.1, 0.15) is 12.5 Å². The number of carbonyl (C=O) groups excluding carboxylic acids is 1. The number of carbonyl (C=O) groups is 1. The number of halogens is 2. The molecule has 7 heteroatoms. The first-order valence-electron chi connectivity index (χ1n) is 5.40. The summed E-state index contributed by atoms with van der Waals surface area (Å²) in [5.74, 6) is -1.12. The predicted molar refractivity (Wildman–Crippen MR) is 62.7 cm³/mol. The standard InChI is InChI=1S/C12H11F2NO4/c1-2-19-12(16)10(11(13)14)7-8-4-3-5-9(6-8)15(17)18/h3-6H,2,7H2,1H3. The van der Waals surface area contributed by atoms with Crippen LogP contribution in [-0.2, 0) is 16.0 Å². The van der Waals surface area contributed by atoms with E-state index in [1.54, 1.807) is 0 Å². The molecule has 0 bridgehead atoms. The number of nitro groups is 1. The first-order chi connectivity index (χ1) is 8.95. The molecule has 0 saturated carbocycles. The SMILES string of the molecule is CCOC(=O)C(Cc1cccc([N+](=O)[O-])c1)=C(F)F. The number of benzene rings is 1. The fourth-order valence-electron chi connectivity index (χ4n) is 1.42. The smallest absolute Gasteiger partial charge is 0.339 e.